The number of hydrogen-bond acceptors (Lipinski definition) is 8. The number of anilines is 1. The number of sulfonamides is 1. The van der Waals surface area contributed by atoms with Crippen molar-refractivity contribution in [1.29, 1.82) is 0 Å². The maximum absolute atomic E-state index is 13.4. The van der Waals surface area contributed by atoms with E-state index >= 15 is 0 Å². The number of aromatic nitrogens is 1. The lowest BCUT2D eigenvalue weighted by Gasteiger charge is -2.41. The molecule has 0 bridgehead atoms. The van der Waals surface area contributed by atoms with Crippen LogP contribution in [-0.2, 0) is 19.6 Å². The molecule has 2 saturated heterocycles. The zero-order valence-electron chi connectivity index (χ0n) is 16.7. The van der Waals surface area contributed by atoms with Crippen LogP contribution < -0.4 is 10.4 Å². The molecule has 2 fully saturated rings. The SMILES string of the molecule is O=C(NO)C1(S(=O)(=O)N2CCN(c3ncc(-c4ccc(F)cc4)s3)CC2)CCOCC1. The lowest BCUT2D eigenvalue weighted by atomic mass is 9.98. The summed E-state index contributed by atoms with van der Waals surface area (Å²) < 4.78 is 44.7. The standard InChI is InChI=1S/C19H23FN4O5S2/c20-15-3-1-14(2-4-15)16-13-21-18(30-16)23-7-9-24(10-8-23)31(27,28)19(17(25)22-26)5-11-29-12-6-19/h1-4,13,26H,5-12H2,(H,22,25). The second kappa shape index (κ2) is 8.79. The minimum atomic E-state index is -4.00. The van der Waals surface area contributed by atoms with Crippen LogP contribution >= 0.6 is 11.3 Å². The molecule has 2 N–H and O–H groups in total. The highest BCUT2D eigenvalue weighted by molar-refractivity contribution is 7.91. The Bertz CT molecular complexity index is 1030. The molecule has 31 heavy (non-hydrogen) atoms. The maximum atomic E-state index is 13.4. The van der Waals surface area contributed by atoms with Gasteiger partial charge in [0.1, 0.15) is 5.82 Å². The molecule has 2 aromatic rings. The Morgan fingerprint density at radius 3 is 2.42 bits per heavy atom. The lowest BCUT2D eigenvalue weighted by molar-refractivity contribution is -0.134. The summed E-state index contributed by atoms with van der Waals surface area (Å²) in [6, 6.07) is 6.17. The summed E-state index contributed by atoms with van der Waals surface area (Å²) in [7, 11) is -4.00. The molecule has 1 aromatic carbocycles. The molecule has 4 rings (SSSR count). The topological polar surface area (TPSA) is 112 Å². The number of rotatable bonds is 5. The third-order valence-corrected chi connectivity index (χ3v) is 9.51. The summed E-state index contributed by atoms with van der Waals surface area (Å²) in [5.41, 5.74) is 2.40. The van der Waals surface area contributed by atoms with Gasteiger partial charge in [0.05, 0.1) is 4.88 Å². The van der Waals surface area contributed by atoms with Crippen molar-refractivity contribution in [2.45, 2.75) is 17.6 Å². The number of halogens is 1. The van der Waals surface area contributed by atoms with Gasteiger partial charge in [-0.1, -0.05) is 23.5 Å². The Morgan fingerprint density at radius 2 is 1.81 bits per heavy atom. The fourth-order valence-corrected chi connectivity index (χ4v) is 7.00. The van der Waals surface area contributed by atoms with Crippen molar-refractivity contribution in [3.8, 4) is 10.4 Å². The second-order valence-electron chi connectivity index (χ2n) is 7.45. The fraction of sp³-hybridized carbons (Fsp3) is 0.474. The second-order valence-corrected chi connectivity index (χ2v) is 10.7. The first kappa shape index (κ1) is 22.1. The summed E-state index contributed by atoms with van der Waals surface area (Å²) in [6.45, 7) is 1.52. The van der Waals surface area contributed by atoms with E-state index in [1.807, 2.05) is 4.90 Å². The molecular weight excluding hydrogens is 447 g/mol. The molecular formula is C19H23FN4O5S2. The molecule has 0 radical (unpaired) electrons. The summed E-state index contributed by atoms with van der Waals surface area (Å²) in [5.74, 6) is -1.22. The van der Waals surface area contributed by atoms with Crippen molar-refractivity contribution in [2.24, 2.45) is 0 Å². The first-order chi connectivity index (χ1) is 14.9. The molecule has 168 valence electrons. The van der Waals surface area contributed by atoms with Crippen LogP contribution in [0, 0.1) is 5.82 Å². The minimum Gasteiger partial charge on any atom is -0.381 e. The number of carbonyl (C=O) groups is 1. The summed E-state index contributed by atoms with van der Waals surface area (Å²) in [6.07, 6.45) is 1.71. The highest BCUT2D eigenvalue weighted by Gasteiger charge is 2.54. The normalized spacial score (nSPS) is 19.9. The molecule has 0 saturated carbocycles. The van der Waals surface area contributed by atoms with E-state index in [1.54, 1.807) is 18.3 Å². The van der Waals surface area contributed by atoms with Crippen LogP contribution in [0.25, 0.3) is 10.4 Å². The van der Waals surface area contributed by atoms with E-state index in [2.05, 4.69) is 4.98 Å². The molecule has 0 aliphatic carbocycles. The Kier molecular flexibility index (Phi) is 6.26. The van der Waals surface area contributed by atoms with Gasteiger partial charge in [0.25, 0.3) is 5.91 Å². The molecule has 12 heteroatoms. The van der Waals surface area contributed by atoms with Gasteiger partial charge in [-0.15, -0.1) is 0 Å². The van der Waals surface area contributed by atoms with Gasteiger partial charge in [-0.3, -0.25) is 10.0 Å². The Morgan fingerprint density at radius 1 is 1.16 bits per heavy atom. The van der Waals surface area contributed by atoms with Gasteiger partial charge >= 0.3 is 0 Å². The van der Waals surface area contributed by atoms with Gasteiger partial charge in [-0.05, 0) is 17.7 Å². The summed E-state index contributed by atoms with van der Waals surface area (Å²) >= 11 is 1.45. The van der Waals surface area contributed by atoms with Crippen molar-refractivity contribution in [3.05, 3.63) is 36.3 Å². The predicted octanol–water partition coefficient (Wildman–Crippen LogP) is 1.46. The van der Waals surface area contributed by atoms with Gasteiger partial charge in [0.15, 0.2) is 9.88 Å². The largest absolute Gasteiger partial charge is 0.381 e. The zero-order chi connectivity index (χ0) is 22.1. The first-order valence-electron chi connectivity index (χ1n) is 9.86. The first-order valence-corrected chi connectivity index (χ1v) is 12.1. The van der Waals surface area contributed by atoms with Crippen LogP contribution in [-0.4, -0.2) is 73.0 Å². The number of hydroxylamine groups is 1. The van der Waals surface area contributed by atoms with Crippen molar-refractivity contribution in [2.75, 3.05) is 44.3 Å². The fourth-order valence-electron chi connectivity index (χ4n) is 3.93. The molecule has 2 aliphatic rings. The number of piperazine rings is 1. The number of benzene rings is 1. The number of thiazole rings is 1. The van der Waals surface area contributed by atoms with Gasteiger partial charge in [0.2, 0.25) is 10.0 Å². The molecule has 3 heterocycles. The maximum Gasteiger partial charge on any atom is 0.266 e. The van der Waals surface area contributed by atoms with Crippen LogP contribution in [0.5, 0.6) is 0 Å². The van der Waals surface area contributed by atoms with Crippen LogP contribution in [0.4, 0.5) is 9.52 Å². The predicted molar refractivity (Wildman–Crippen MR) is 113 cm³/mol. The lowest BCUT2D eigenvalue weighted by Crippen LogP contribution is -2.62. The minimum absolute atomic E-state index is 0.00451. The highest BCUT2D eigenvalue weighted by Crippen LogP contribution is 2.35. The summed E-state index contributed by atoms with van der Waals surface area (Å²) in [4.78, 5) is 19.7. The quantitative estimate of drug-likeness (QED) is 0.503. The van der Waals surface area contributed by atoms with Crippen LogP contribution in [0.1, 0.15) is 12.8 Å². The van der Waals surface area contributed by atoms with Crippen LogP contribution in [0.3, 0.4) is 0 Å². The number of carbonyl (C=O) groups excluding carboxylic acids is 1. The summed E-state index contributed by atoms with van der Waals surface area (Å²) in [5, 5.41) is 9.91. The van der Waals surface area contributed by atoms with Crippen molar-refractivity contribution in [3.63, 3.8) is 0 Å². The molecule has 0 atom stereocenters. The molecule has 9 nitrogen and oxygen atoms in total. The Hall–Kier alpha value is -2.12. The molecule has 2 aliphatic heterocycles. The Balaban J connectivity index is 1.47. The third-order valence-electron chi connectivity index (χ3n) is 5.78. The van der Waals surface area contributed by atoms with E-state index in [9.17, 15) is 17.6 Å². The molecule has 0 unspecified atom stereocenters. The van der Waals surface area contributed by atoms with E-state index in [-0.39, 0.29) is 45.0 Å². The van der Waals surface area contributed by atoms with E-state index in [1.165, 1.54) is 33.3 Å². The van der Waals surface area contributed by atoms with E-state index in [0.717, 1.165) is 15.6 Å². The zero-order valence-corrected chi connectivity index (χ0v) is 18.3. The number of amides is 1. The van der Waals surface area contributed by atoms with Gasteiger partial charge in [-0.2, -0.15) is 4.31 Å². The van der Waals surface area contributed by atoms with Crippen LogP contribution in [0.2, 0.25) is 0 Å². The van der Waals surface area contributed by atoms with E-state index in [4.69, 9.17) is 9.94 Å². The van der Waals surface area contributed by atoms with Crippen molar-refractivity contribution < 1.29 is 27.5 Å². The average molecular weight is 471 g/mol. The average Bonchev–Trinajstić information content (AvgIpc) is 3.29. The van der Waals surface area contributed by atoms with E-state index in [0.29, 0.717) is 13.1 Å². The Labute approximate surface area is 183 Å². The number of hydrogen-bond donors (Lipinski definition) is 2. The van der Waals surface area contributed by atoms with Crippen molar-refractivity contribution >= 4 is 32.4 Å². The molecule has 1 amide bonds. The smallest absolute Gasteiger partial charge is 0.266 e. The van der Waals surface area contributed by atoms with Crippen LogP contribution in [0.15, 0.2) is 30.5 Å². The highest BCUT2D eigenvalue weighted by atomic mass is 32.2. The number of nitrogens with one attached hydrogen (secondary N) is 1. The number of nitrogens with zero attached hydrogens (tertiary/aromatic N) is 3. The molecule has 0 spiro atoms. The van der Waals surface area contributed by atoms with Gasteiger partial charge in [-0.25, -0.2) is 23.3 Å². The van der Waals surface area contributed by atoms with Gasteiger partial charge in [0, 0.05) is 58.4 Å². The van der Waals surface area contributed by atoms with Gasteiger partial charge < -0.3 is 9.64 Å². The third kappa shape index (κ3) is 4.05. The number of ether oxygens (including phenoxy) is 1. The molecule has 1 aromatic heterocycles. The van der Waals surface area contributed by atoms with E-state index < -0.39 is 20.7 Å². The van der Waals surface area contributed by atoms with Crippen molar-refractivity contribution in [1.82, 2.24) is 14.8 Å². The monoisotopic (exact) mass is 470 g/mol.